The summed E-state index contributed by atoms with van der Waals surface area (Å²) in [6, 6.07) is 0. The quantitative estimate of drug-likeness (QED) is 0.498. The Morgan fingerprint density at radius 1 is 2.14 bits per heavy atom. The molecule has 0 spiro atoms. The van der Waals surface area contributed by atoms with Crippen LogP contribution in [0, 0.1) is 0 Å². The molecule has 1 aromatic heterocycles. The number of nitrogen functional groups attached to an aromatic ring is 1. The zero-order valence-electron chi connectivity index (χ0n) is 6.63. The van der Waals surface area contributed by atoms with Gasteiger partial charge in [-0.15, -0.1) is 0 Å². The highest BCUT2D eigenvalue weighted by atomic mass is 15.1. The zero-order chi connectivity index (χ0) is 7.78. The van der Waals surface area contributed by atoms with E-state index < -0.39 is 6.98 Å². The van der Waals surface area contributed by atoms with Crippen molar-refractivity contribution in [3.05, 3.63) is 12.4 Å². The third-order valence-electron chi connectivity index (χ3n) is 0.669. The molecule has 0 aliphatic heterocycles. The molecule has 0 aromatic carbocycles. The van der Waals surface area contributed by atoms with Gasteiger partial charge in [-0.05, 0) is 0 Å². The van der Waals surface area contributed by atoms with Crippen molar-refractivity contribution in [2.45, 2.75) is 0 Å². The Morgan fingerprint density at radius 3 is 3.29 bits per heavy atom. The summed E-state index contributed by atoms with van der Waals surface area (Å²) in [6.45, 7) is -2.21. The van der Waals surface area contributed by atoms with Crippen LogP contribution in [0.2, 0.25) is 0 Å². The van der Waals surface area contributed by atoms with Gasteiger partial charge in [0.2, 0.25) is 0 Å². The summed E-state index contributed by atoms with van der Waals surface area (Å²) in [5.41, 5.74) is 5.22. The molecule has 0 amide bonds. The minimum Gasteiger partial charge on any atom is -0.369 e. The monoisotopic (exact) mass is 100 g/mol. The molecule has 7 heavy (non-hydrogen) atoms. The number of anilines is 1. The maximum absolute atomic E-state index is 6.91. The summed E-state index contributed by atoms with van der Waals surface area (Å²) < 4.78 is 21.7. The van der Waals surface area contributed by atoms with Gasteiger partial charge >= 0.3 is 0 Å². The Balaban J connectivity index is 3.05. The van der Waals surface area contributed by atoms with Gasteiger partial charge in [-0.3, -0.25) is 0 Å². The van der Waals surface area contributed by atoms with Crippen LogP contribution in [0.5, 0.6) is 0 Å². The van der Waals surface area contributed by atoms with Crippen molar-refractivity contribution in [3.63, 3.8) is 0 Å². The number of hydrogen-bond donors (Lipinski definition) is 1. The fraction of sp³-hybridized carbons (Fsp3) is 0.250. The average molecular weight is 100 g/mol. The molecule has 0 aliphatic rings. The zero-order valence-corrected chi connectivity index (χ0v) is 3.63. The van der Waals surface area contributed by atoms with Gasteiger partial charge in [0, 0.05) is 23.5 Å². The Bertz CT molecular complexity index is 226. The third-order valence-corrected chi connectivity index (χ3v) is 0.669. The van der Waals surface area contributed by atoms with E-state index in [1.165, 1.54) is 12.4 Å². The number of imidazole rings is 1. The number of nitrogens with two attached hydrogens (primary N) is 1. The van der Waals surface area contributed by atoms with E-state index in [4.69, 9.17) is 9.85 Å². The molecule has 0 atom stereocenters. The molecule has 2 N–H and O–H groups in total. The average Bonchev–Trinajstić information content (AvgIpc) is 2.11. The molecule has 0 radical (unpaired) electrons. The fourth-order valence-corrected chi connectivity index (χ4v) is 0.315. The van der Waals surface area contributed by atoms with E-state index in [9.17, 15) is 0 Å². The molecule has 1 aromatic rings. The summed E-state index contributed by atoms with van der Waals surface area (Å²) in [5.74, 6) is 0.0139. The topological polar surface area (TPSA) is 43.8 Å². The number of aromatic nitrogens is 2. The summed E-state index contributed by atoms with van der Waals surface area (Å²) >= 11 is 0. The van der Waals surface area contributed by atoms with Crippen LogP contribution in [0.4, 0.5) is 5.95 Å². The lowest BCUT2D eigenvalue weighted by Crippen LogP contribution is -1.94. The molecule has 0 fully saturated rings. The molecule has 38 valence electrons. The first-order valence-electron chi connectivity index (χ1n) is 3.31. The number of aryl methyl sites for hydroxylation is 1. The molecule has 1 heterocycles. The van der Waals surface area contributed by atoms with Crippen molar-refractivity contribution in [2.75, 3.05) is 5.73 Å². The van der Waals surface area contributed by atoms with Crippen molar-refractivity contribution < 1.29 is 4.11 Å². The van der Waals surface area contributed by atoms with Crippen LogP contribution in [-0.2, 0) is 6.98 Å². The van der Waals surface area contributed by atoms with Crippen LogP contribution in [-0.4, -0.2) is 9.55 Å². The smallest absolute Gasteiger partial charge is 0.199 e. The van der Waals surface area contributed by atoms with E-state index in [-0.39, 0.29) is 5.95 Å². The van der Waals surface area contributed by atoms with E-state index in [0.717, 1.165) is 4.57 Å². The lowest BCUT2D eigenvalue weighted by molar-refractivity contribution is 0.930. The van der Waals surface area contributed by atoms with Crippen molar-refractivity contribution in [1.82, 2.24) is 9.55 Å². The number of hydrogen-bond acceptors (Lipinski definition) is 2. The lowest BCUT2D eigenvalue weighted by Gasteiger charge is -1.87. The molecular weight excluding hydrogens is 90.1 g/mol. The predicted molar refractivity (Wildman–Crippen MR) is 27.6 cm³/mol. The predicted octanol–water partition coefficient (Wildman–Crippen LogP) is 0.00230. The molecule has 3 nitrogen and oxygen atoms in total. The van der Waals surface area contributed by atoms with Gasteiger partial charge in [0.25, 0.3) is 0 Å². The fourth-order valence-electron chi connectivity index (χ4n) is 0.315. The molecule has 1 rings (SSSR count). The number of nitrogens with zero attached hydrogens (tertiary/aromatic N) is 2. The first-order chi connectivity index (χ1) is 4.52. The Labute approximate surface area is 46.0 Å². The lowest BCUT2D eigenvalue weighted by atomic mass is 10.9. The second-order valence-corrected chi connectivity index (χ2v) is 1.16. The normalized spacial score (nSPS) is 17.4. The van der Waals surface area contributed by atoms with Gasteiger partial charge in [0.1, 0.15) is 0 Å². The first-order valence-corrected chi connectivity index (χ1v) is 1.81. The van der Waals surface area contributed by atoms with E-state index in [1.54, 1.807) is 0 Å². The molecule has 0 saturated heterocycles. The van der Waals surface area contributed by atoms with Gasteiger partial charge < -0.3 is 10.3 Å². The minimum atomic E-state index is -2.21. The van der Waals surface area contributed by atoms with E-state index >= 15 is 0 Å². The molecule has 0 bridgehead atoms. The highest BCUT2D eigenvalue weighted by Gasteiger charge is 1.84. The van der Waals surface area contributed by atoms with Crippen LogP contribution >= 0.6 is 0 Å². The second-order valence-electron chi connectivity index (χ2n) is 1.16. The maximum atomic E-state index is 6.91. The van der Waals surface area contributed by atoms with E-state index in [0.29, 0.717) is 0 Å². The van der Waals surface area contributed by atoms with Crippen molar-refractivity contribution in [3.8, 4) is 0 Å². The number of rotatable bonds is 0. The molecule has 3 heteroatoms. The molecule has 0 aliphatic carbocycles. The third kappa shape index (κ3) is 0.559. The Kier molecular flexibility index (Phi) is 0.333. The van der Waals surface area contributed by atoms with Crippen LogP contribution < -0.4 is 5.73 Å². The van der Waals surface area contributed by atoms with Crippen molar-refractivity contribution >= 4 is 5.95 Å². The van der Waals surface area contributed by atoms with Crippen LogP contribution in [0.3, 0.4) is 0 Å². The summed E-state index contributed by atoms with van der Waals surface area (Å²) in [5, 5.41) is 0. The van der Waals surface area contributed by atoms with Gasteiger partial charge in [-0.25, -0.2) is 4.98 Å². The molecule has 0 unspecified atom stereocenters. The van der Waals surface area contributed by atoms with E-state index in [2.05, 4.69) is 4.98 Å². The van der Waals surface area contributed by atoms with Crippen molar-refractivity contribution in [2.24, 2.45) is 6.98 Å². The highest BCUT2D eigenvalue weighted by Crippen LogP contribution is 1.90. The van der Waals surface area contributed by atoms with Crippen LogP contribution in [0.15, 0.2) is 12.4 Å². The Morgan fingerprint density at radius 2 is 3.00 bits per heavy atom. The summed E-state index contributed by atoms with van der Waals surface area (Å²) in [6.07, 6.45) is 2.67. The van der Waals surface area contributed by atoms with Crippen LogP contribution in [0.25, 0.3) is 0 Å². The largest absolute Gasteiger partial charge is 0.369 e. The van der Waals surface area contributed by atoms with Gasteiger partial charge in [-0.2, -0.15) is 0 Å². The standard InChI is InChI=1S/C4H7N3/c1-7-3-2-6-4(7)5/h2-3H,1H3,(H2,5,6)/i1D3. The Hall–Kier alpha value is -0.990. The van der Waals surface area contributed by atoms with Gasteiger partial charge in [0.15, 0.2) is 5.95 Å². The minimum absolute atomic E-state index is 0.0139. The van der Waals surface area contributed by atoms with Gasteiger partial charge in [-0.1, -0.05) is 0 Å². The van der Waals surface area contributed by atoms with Gasteiger partial charge in [0.05, 0.1) is 0 Å². The first kappa shape index (κ1) is 1.86. The second kappa shape index (κ2) is 1.26. The highest BCUT2D eigenvalue weighted by molar-refractivity contribution is 5.15. The summed E-state index contributed by atoms with van der Waals surface area (Å²) in [4.78, 5) is 3.56. The molecule has 0 saturated carbocycles. The maximum Gasteiger partial charge on any atom is 0.199 e. The van der Waals surface area contributed by atoms with Crippen LogP contribution in [0.1, 0.15) is 4.11 Å². The molecular formula is C4H7N3. The summed E-state index contributed by atoms with van der Waals surface area (Å²) in [7, 11) is 0. The van der Waals surface area contributed by atoms with E-state index in [1.807, 2.05) is 0 Å². The SMILES string of the molecule is [2H]C([2H])([2H])n1ccnc1N. The van der Waals surface area contributed by atoms with Crippen molar-refractivity contribution in [1.29, 1.82) is 0 Å².